The first kappa shape index (κ1) is 13.4. The van der Waals surface area contributed by atoms with E-state index in [1.807, 2.05) is 0 Å². The van der Waals surface area contributed by atoms with E-state index >= 15 is 0 Å². The molecule has 6 heteroatoms. The highest BCUT2D eigenvalue weighted by Crippen LogP contribution is 2.39. The molecule has 0 radical (unpaired) electrons. The lowest BCUT2D eigenvalue weighted by Crippen LogP contribution is -2.42. The van der Waals surface area contributed by atoms with Crippen LogP contribution in [0.3, 0.4) is 0 Å². The molecule has 1 aliphatic carbocycles. The number of rotatable bonds is 5. The maximum atomic E-state index is 9.36. The third-order valence-corrected chi connectivity index (χ3v) is 4.27. The van der Waals surface area contributed by atoms with Gasteiger partial charge in [0, 0.05) is 12.2 Å². The maximum absolute atomic E-state index is 9.36. The van der Waals surface area contributed by atoms with Crippen LogP contribution in [-0.4, -0.2) is 27.5 Å². The zero-order chi connectivity index (χ0) is 13.0. The predicted octanol–water partition coefficient (Wildman–Crippen LogP) is 2.28. The van der Waals surface area contributed by atoms with Gasteiger partial charge in [0.1, 0.15) is 5.54 Å². The first-order valence-electron chi connectivity index (χ1n) is 6.30. The number of nitrogens with one attached hydrogen (secondary N) is 1. The van der Waals surface area contributed by atoms with Crippen molar-refractivity contribution in [1.82, 2.24) is 15.5 Å². The third-order valence-electron chi connectivity index (χ3n) is 3.17. The summed E-state index contributed by atoms with van der Waals surface area (Å²) in [5.74, 6) is 0.589. The normalized spacial score (nSPS) is 27.3. The highest BCUT2D eigenvalue weighted by molar-refractivity contribution is 7.99. The summed E-state index contributed by atoms with van der Waals surface area (Å²) in [6.07, 6.45) is 3.80. The van der Waals surface area contributed by atoms with Gasteiger partial charge in [-0.3, -0.25) is 5.32 Å². The van der Waals surface area contributed by atoms with E-state index in [9.17, 15) is 5.26 Å². The number of aryl methyl sites for hydroxylation is 1. The number of nitrogens with zero attached hydrogens (tertiary/aromatic N) is 3. The van der Waals surface area contributed by atoms with Gasteiger partial charge in [-0.05, 0) is 32.2 Å². The third kappa shape index (κ3) is 3.03. The zero-order valence-electron chi connectivity index (χ0n) is 10.8. The van der Waals surface area contributed by atoms with Crippen LogP contribution in [0, 0.1) is 18.3 Å². The number of nitriles is 1. The van der Waals surface area contributed by atoms with Crippen molar-refractivity contribution in [3.63, 3.8) is 0 Å². The molecule has 0 spiro atoms. The quantitative estimate of drug-likeness (QED) is 0.881. The Morgan fingerprint density at radius 2 is 2.44 bits per heavy atom. The zero-order valence-corrected chi connectivity index (χ0v) is 11.6. The SMILES string of the molecule is CCCNC1(C#N)CCC(Sc2nnc(C)o2)C1. The molecule has 0 amide bonds. The van der Waals surface area contributed by atoms with Gasteiger partial charge in [-0.15, -0.1) is 10.2 Å². The molecular formula is C12H18N4OS. The molecule has 18 heavy (non-hydrogen) atoms. The van der Waals surface area contributed by atoms with Crippen LogP contribution in [0.15, 0.2) is 9.64 Å². The van der Waals surface area contributed by atoms with Crippen molar-refractivity contribution in [2.45, 2.75) is 55.5 Å². The minimum absolute atomic E-state index is 0.358. The van der Waals surface area contributed by atoms with Gasteiger partial charge in [0.15, 0.2) is 0 Å². The largest absolute Gasteiger partial charge is 0.416 e. The van der Waals surface area contributed by atoms with Crippen LogP contribution in [0.1, 0.15) is 38.5 Å². The first-order chi connectivity index (χ1) is 8.67. The average Bonchev–Trinajstić information content (AvgIpc) is 2.95. The second-order valence-corrected chi connectivity index (χ2v) is 5.94. The molecule has 0 saturated heterocycles. The van der Waals surface area contributed by atoms with Gasteiger partial charge >= 0.3 is 0 Å². The van der Waals surface area contributed by atoms with Crippen molar-refractivity contribution in [2.75, 3.05) is 6.54 Å². The summed E-state index contributed by atoms with van der Waals surface area (Å²) in [6.45, 7) is 4.79. The molecule has 0 aliphatic heterocycles. The maximum Gasteiger partial charge on any atom is 0.276 e. The van der Waals surface area contributed by atoms with Crippen molar-refractivity contribution in [2.24, 2.45) is 0 Å². The molecule has 1 saturated carbocycles. The number of aromatic nitrogens is 2. The molecular weight excluding hydrogens is 248 g/mol. The summed E-state index contributed by atoms with van der Waals surface area (Å²) in [5.41, 5.74) is -0.358. The Kier molecular flexibility index (Phi) is 4.25. The summed E-state index contributed by atoms with van der Waals surface area (Å²) < 4.78 is 5.37. The van der Waals surface area contributed by atoms with E-state index in [1.165, 1.54) is 0 Å². The van der Waals surface area contributed by atoms with Crippen LogP contribution in [0.25, 0.3) is 0 Å². The Bertz CT molecular complexity index is 442. The molecule has 2 rings (SSSR count). The molecule has 1 aromatic heterocycles. The van der Waals surface area contributed by atoms with Crippen molar-refractivity contribution in [3.05, 3.63) is 5.89 Å². The fraction of sp³-hybridized carbons (Fsp3) is 0.750. The van der Waals surface area contributed by atoms with Crippen LogP contribution >= 0.6 is 11.8 Å². The molecule has 98 valence electrons. The summed E-state index contributed by atoms with van der Waals surface area (Å²) >= 11 is 1.59. The summed E-state index contributed by atoms with van der Waals surface area (Å²) in [7, 11) is 0. The Morgan fingerprint density at radius 3 is 3.06 bits per heavy atom. The second kappa shape index (κ2) is 5.72. The fourth-order valence-corrected chi connectivity index (χ4v) is 3.38. The van der Waals surface area contributed by atoms with Crippen molar-refractivity contribution in [3.8, 4) is 6.07 Å². The smallest absolute Gasteiger partial charge is 0.276 e. The Morgan fingerprint density at radius 1 is 1.61 bits per heavy atom. The lowest BCUT2D eigenvalue weighted by atomic mass is 10.00. The fourth-order valence-electron chi connectivity index (χ4n) is 2.24. The summed E-state index contributed by atoms with van der Waals surface area (Å²) in [5, 5.41) is 21.5. The van der Waals surface area contributed by atoms with Gasteiger partial charge in [0.2, 0.25) is 5.89 Å². The van der Waals surface area contributed by atoms with Crippen molar-refractivity contribution < 1.29 is 4.42 Å². The van der Waals surface area contributed by atoms with Crippen molar-refractivity contribution >= 4 is 11.8 Å². The minimum atomic E-state index is -0.358. The molecule has 5 nitrogen and oxygen atoms in total. The van der Waals surface area contributed by atoms with Gasteiger partial charge in [-0.25, -0.2) is 0 Å². The van der Waals surface area contributed by atoms with Crippen LogP contribution in [0.4, 0.5) is 0 Å². The monoisotopic (exact) mass is 266 g/mol. The predicted molar refractivity (Wildman–Crippen MR) is 69.2 cm³/mol. The lowest BCUT2D eigenvalue weighted by Gasteiger charge is -2.22. The molecule has 1 N–H and O–H groups in total. The Balaban J connectivity index is 1.92. The van der Waals surface area contributed by atoms with Gasteiger partial charge in [0.05, 0.1) is 6.07 Å². The van der Waals surface area contributed by atoms with E-state index < -0.39 is 0 Å². The van der Waals surface area contributed by atoms with Crippen molar-refractivity contribution in [1.29, 1.82) is 5.26 Å². The highest BCUT2D eigenvalue weighted by atomic mass is 32.2. The van der Waals surface area contributed by atoms with Gasteiger partial charge in [-0.2, -0.15) is 5.26 Å². The number of thioether (sulfide) groups is 1. The van der Waals surface area contributed by atoms with Crippen LogP contribution < -0.4 is 5.32 Å². The van der Waals surface area contributed by atoms with Crippen LogP contribution in [-0.2, 0) is 0 Å². The minimum Gasteiger partial charge on any atom is -0.416 e. The van der Waals surface area contributed by atoms with E-state index in [4.69, 9.17) is 4.42 Å². The van der Waals surface area contributed by atoms with Gasteiger partial charge in [-0.1, -0.05) is 18.7 Å². The summed E-state index contributed by atoms with van der Waals surface area (Å²) in [4.78, 5) is 0. The molecule has 0 aromatic carbocycles. The average molecular weight is 266 g/mol. The number of hydrogen-bond donors (Lipinski definition) is 1. The second-order valence-electron chi connectivity index (χ2n) is 4.69. The van der Waals surface area contributed by atoms with E-state index in [2.05, 4.69) is 28.5 Å². The van der Waals surface area contributed by atoms with Gasteiger partial charge in [0.25, 0.3) is 5.22 Å². The molecule has 2 unspecified atom stereocenters. The Hall–Kier alpha value is -1.06. The molecule has 1 aliphatic rings. The molecule has 1 heterocycles. The molecule has 0 bridgehead atoms. The standard InChI is InChI=1S/C12H18N4OS/c1-3-6-14-12(8-13)5-4-10(7-12)18-11-16-15-9(2)17-11/h10,14H,3-7H2,1-2H3. The van der Waals surface area contributed by atoms with Gasteiger partial charge < -0.3 is 4.42 Å². The first-order valence-corrected chi connectivity index (χ1v) is 7.18. The topological polar surface area (TPSA) is 74.7 Å². The molecule has 2 atom stereocenters. The van der Waals surface area contributed by atoms with E-state index in [0.29, 0.717) is 16.4 Å². The Labute approximate surface area is 111 Å². The molecule has 1 fully saturated rings. The van der Waals surface area contributed by atoms with E-state index in [-0.39, 0.29) is 5.54 Å². The van der Waals surface area contributed by atoms with E-state index in [0.717, 1.165) is 32.2 Å². The molecule has 1 aromatic rings. The summed E-state index contributed by atoms with van der Waals surface area (Å²) in [6, 6.07) is 2.44. The number of hydrogen-bond acceptors (Lipinski definition) is 6. The van der Waals surface area contributed by atoms with E-state index in [1.54, 1.807) is 18.7 Å². The van der Waals surface area contributed by atoms with Crippen LogP contribution in [0.2, 0.25) is 0 Å². The van der Waals surface area contributed by atoms with Crippen LogP contribution in [0.5, 0.6) is 0 Å². The lowest BCUT2D eigenvalue weighted by molar-refractivity contribution is 0.421. The highest BCUT2D eigenvalue weighted by Gasteiger charge is 2.39.